The van der Waals surface area contributed by atoms with Crippen molar-refractivity contribution in [3.8, 4) is 0 Å². The molecule has 1 aliphatic heterocycles. The maximum Gasteiger partial charge on any atom is 0.274 e. The average Bonchev–Trinajstić information content (AvgIpc) is 3.06. The van der Waals surface area contributed by atoms with Gasteiger partial charge in [0.15, 0.2) is 0 Å². The van der Waals surface area contributed by atoms with Crippen molar-refractivity contribution in [2.24, 2.45) is 0 Å². The molecule has 0 aromatic carbocycles. The highest BCUT2D eigenvalue weighted by Crippen LogP contribution is 2.16. The van der Waals surface area contributed by atoms with E-state index in [9.17, 15) is 4.79 Å². The smallest absolute Gasteiger partial charge is 0.274 e. The lowest BCUT2D eigenvalue weighted by atomic mass is 10.4. The van der Waals surface area contributed by atoms with E-state index in [1.54, 1.807) is 0 Å². The standard InChI is InChI=1S/C14H18N4O/c1-16(2)11-5-6-13-15-12(10-18(13)9-11)14(19)17-7-3-4-8-17/h5-6,9-10H,3-4,7-8H2,1-2H3. The van der Waals surface area contributed by atoms with E-state index < -0.39 is 0 Å². The Hall–Kier alpha value is -2.04. The van der Waals surface area contributed by atoms with E-state index in [0.717, 1.165) is 37.3 Å². The van der Waals surface area contributed by atoms with Crippen molar-refractivity contribution in [3.05, 3.63) is 30.2 Å². The average molecular weight is 258 g/mol. The largest absolute Gasteiger partial charge is 0.376 e. The van der Waals surface area contributed by atoms with Crippen LogP contribution in [0.15, 0.2) is 24.5 Å². The molecule has 0 spiro atoms. The molecule has 5 nitrogen and oxygen atoms in total. The second-order valence-electron chi connectivity index (χ2n) is 5.17. The third-order valence-electron chi connectivity index (χ3n) is 3.56. The minimum atomic E-state index is 0.0487. The van der Waals surface area contributed by atoms with Gasteiger partial charge in [-0.05, 0) is 25.0 Å². The normalized spacial score (nSPS) is 15.2. The number of likely N-dealkylation sites (tertiary alicyclic amines) is 1. The number of nitrogens with zero attached hydrogens (tertiary/aromatic N) is 4. The van der Waals surface area contributed by atoms with Gasteiger partial charge in [0.25, 0.3) is 5.91 Å². The number of rotatable bonds is 2. The summed E-state index contributed by atoms with van der Waals surface area (Å²) < 4.78 is 1.92. The summed E-state index contributed by atoms with van der Waals surface area (Å²) in [5.41, 5.74) is 2.44. The molecule has 1 amide bonds. The van der Waals surface area contributed by atoms with Crippen LogP contribution in [0.1, 0.15) is 23.3 Å². The molecule has 3 rings (SSSR count). The van der Waals surface area contributed by atoms with Crippen LogP contribution < -0.4 is 4.90 Å². The van der Waals surface area contributed by atoms with Crippen molar-refractivity contribution in [3.63, 3.8) is 0 Å². The van der Waals surface area contributed by atoms with Crippen molar-refractivity contribution in [1.82, 2.24) is 14.3 Å². The van der Waals surface area contributed by atoms with Crippen LogP contribution in [0.5, 0.6) is 0 Å². The van der Waals surface area contributed by atoms with E-state index in [0.29, 0.717) is 5.69 Å². The van der Waals surface area contributed by atoms with Crippen molar-refractivity contribution in [2.75, 3.05) is 32.1 Å². The lowest BCUT2D eigenvalue weighted by molar-refractivity contribution is 0.0787. The maximum absolute atomic E-state index is 12.3. The fourth-order valence-electron chi connectivity index (χ4n) is 2.43. The highest BCUT2D eigenvalue weighted by molar-refractivity contribution is 5.93. The van der Waals surface area contributed by atoms with Gasteiger partial charge in [0, 0.05) is 39.6 Å². The number of anilines is 1. The van der Waals surface area contributed by atoms with Crippen LogP contribution in [-0.4, -0.2) is 47.4 Å². The molecule has 0 unspecified atom stereocenters. The molecule has 5 heteroatoms. The van der Waals surface area contributed by atoms with Gasteiger partial charge in [-0.25, -0.2) is 4.98 Å². The first-order chi connectivity index (χ1) is 9.15. The Bertz CT molecular complexity index is 611. The predicted molar refractivity (Wildman–Crippen MR) is 74.7 cm³/mol. The number of carbonyl (C=O) groups excluding carboxylic acids is 1. The second kappa shape index (κ2) is 4.57. The van der Waals surface area contributed by atoms with Crippen molar-refractivity contribution >= 4 is 17.2 Å². The summed E-state index contributed by atoms with van der Waals surface area (Å²) >= 11 is 0. The molecule has 0 aliphatic carbocycles. The van der Waals surface area contributed by atoms with E-state index in [4.69, 9.17) is 0 Å². The maximum atomic E-state index is 12.3. The van der Waals surface area contributed by atoms with Crippen LogP contribution in [0.4, 0.5) is 5.69 Å². The zero-order valence-electron chi connectivity index (χ0n) is 11.3. The zero-order chi connectivity index (χ0) is 13.4. The Labute approximate surface area is 112 Å². The fourth-order valence-corrected chi connectivity index (χ4v) is 2.43. The van der Waals surface area contributed by atoms with E-state index >= 15 is 0 Å². The van der Waals surface area contributed by atoms with Crippen molar-refractivity contribution in [2.45, 2.75) is 12.8 Å². The van der Waals surface area contributed by atoms with Crippen LogP contribution in [0.25, 0.3) is 5.65 Å². The molecule has 1 fully saturated rings. The van der Waals surface area contributed by atoms with Gasteiger partial charge < -0.3 is 14.2 Å². The first-order valence-electron chi connectivity index (χ1n) is 6.60. The Balaban J connectivity index is 1.94. The molecular weight excluding hydrogens is 240 g/mol. The number of pyridine rings is 1. The number of aromatic nitrogens is 2. The first-order valence-corrected chi connectivity index (χ1v) is 6.60. The van der Waals surface area contributed by atoms with E-state index in [-0.39, 0.29) is 5.91 Å². The third kappa shape index (κ3) is 2.16. The topological polar surface area (TPSA) is 40.9 Å². The van der Waals surface area contributed by atoms with Crippen LogP contribution in [0, 0.1) is 0 Å². The van der Waals surface area contributed by atoms with Crippen molar-refractivity contribution in [1.29, 1.82) is 0 Å². The molecule has 0 bridgehead atoms. The van der Waals surface area contributed by atoms with E-state index in [1.807, 2.05) is 52.8 Å². The second-order valence-corrected chi connectivity index (χ2v) is 5.17. The molecule has 1 aliphatic rings. The lowest BCUT2D eigenvalue weighted by Gasteiger charge is -2.12. The molecule has 0 saturated carbocycles. The van der Waals surface area contributed by atoms with Gasteiger partial charge in [0.2, 0.25) is 0 Å². The molecule has 2 aromatic rings. The molecule has 0 atom stereocenters. The summed E-state index contributed by atoms with van der Waals surface area (Å²) in [6.07, 6.45) is 6.01. The van der Waals surface area contributed by atoms with Gasteiger partial charge >= 0.3 is 0 Å². The van der Waals surface area contributed by atoms with Gasteiger partial charge in [0.05, 0.1) is 5.69 Å². The Kier molecular flexibility index (Phi) is 2.89. The van der Waals surface area contributed by atoms with Crippen LogP contribution in [0.3, 0.4) is 0 Å². The number of carbonyl (C=O) groups is 1. The first kappa shape index (κ1) is 12.0. The van der Waals surface area contributed by atoms with Gasteiger partial charge in [-0.1, -0.05) is 0 Å². The van der Waals surface area contributed by atoms with Gasteiger partial charge in [-0.15, -0.1) is 0 Å². The van der Waals surface area contributed by atoms with Crippen molar-refractivity contribution < 1.29 is 4.79 Å². The minimum absolute atomic E-state index is 0.0487. The molecule has 3 heterocycles. The van der Waals surface area contributed by atoms with Gasteiger partial charge in [0.1, 0.15) is 11.3 Å². The highest BCUT2D eigenvalue weighted by Gasteiger charge is 2.21. The summed E-state index contributed by atoms with van der Waals surface area (Å²) in [6.45, 7) is 1.71. The number of hydrogen-bond donors (Lipinski definition) is 0. The van der Waals surface area contributed by atoms with Crippen LogP contribution in [0.2, 0.25) is 0 Å². The summed E-state index contributed by atoms with van der Waals surface area (Å²) in [4.78, 5) is 20.6. The molecule has 100 valence electrons. The Morgan fingerprint density at radius 1 is 1.21 bits per heavy atom. The van der Waals surface area contributed by atoms with Crippen LogP contribution >= 0.6 is 0 Å². The predicted octanol–water partition coefficient (Wildman–Crippen LogP) is 1.64. The quantitative estimate of drug-likeness (QED) is 0.822. The minimum Gasteiger partial charge on any atom is -0.376 e. The summed E-state index contributed by atoms with van der Waals surface area (Å²) in [6, 6.07) is 3.95. The summed E-state index contributed by atoms with van der Waals surface area (Å²) in [5, 5.41) is 0. The molecule has 2 aromatic heterocycles. The number of imidazole rings is 1. The Morgan fingerprint density at radius 2 is 1.95 bits per heavy atom. The number of hydrogen-bond acceptors (Lipinski definition) is 3. The summed E-state index contributed by atoms with van der Waals surface area (Å²) in [7, 11) is 3.99. The molecular formula is C14H18N4O. The van der Waals surface area contributed by atoms with E-state index in [1.165, 1.54) is 0 Å². The van der Waals surface area contributed by atoms with Gasteiger partial charge in [-0.2, -0.15) is 0 Å². The summed E-state index contributed by atoms with van der Waals surface area (Å²) in [5.74, 6) is 0.0487. The number of amides is 1. The molecule has 0 radical (unpaired) electrons. The SMILES string of the molecule is CN(C)c1ccc2nc(C(=O)N3CCCC3)cn2c1. The molecule has 1 saturated heterocycles. The number of fused-ring (bicyclic) bond motifs is 1. The van der Waals surface area contributed by atoms with E-state index in [2.05, 4.69) is 4.98 Å². The Morgan fingerprint density at radius 3 is 2.63 bits per heavy atom. The van der Waals surface area contributed by atoms with Gasteiger partial charge in [-0.3, -0.25) is 4.79 Å². The van der Waals surface area contributed by atoms with Crippen LogP contribution in [-0.2, 0) is 0 Å². The monoisotopic (exact) mass is 258 g/mol. The fraction of sp³-hybridized carbons (Fsp3) is 0.429. The molecule has 0 N–H and O–H groups in total. The molecule has 19 heavy (non-hydrogen) atoms. The zero-order valence-corrected chi connectivity index (χ0v) is 11.3. The highest BCUT2D eigenvalue weighted by atomic mass is 16.2. The lowest BCUT2D eigenvalue weighted by Crippen LogP contribution is -2.27. The third-order valence-corrected chi connectivity index (χ3v) is 3.56.